The predicted molar refractivity (Wildman–Crippen MR) is 193 cm³/mol. The molecule has 0 radical (unpaired) electrons. The third kappa shape index (κ3) is 8.02. The molecule has 0 aromatic heterocycles. The van der Waals surface area contributed by atoms with E-state index in [9.17, 15) is 20.3 Å². The van der Waals surface area contributed by atoms with Crippen LogP contribution in [-0.2, 0) is 19.8 Å². The maximum Gasteiger partial charge on any atom is 0.407 e. The van der Waals surface area contributed by atoms with Gasteiger partial charge >= 0.3 is 6.09 Å². The van der Waals surface area contributed by atoms with Crippen molar-refractivity contribution in [1.29, 1.82) is 5.26 Å². The van der Waals surface area contributed by atoms with Crippen LogP contribution in [0.3, 0.4) is 0 Å². The van der Waals surface area contributed by atoms with E-state index >= 15 is 0 Å². The highest BCUT2D eigenvalue weighted by Gasteiger charge is 2.48. The summed E-state index contributed by atoms with van der Waals surface area (Å²) in [4.78, 5) is 13.4. The SMILES string of the molecule is Cc1c(COc2cc(OCc3cccc(C#N)c3)c(CNC3C(O)CN(C(=O)O)C3C(C)(C)C)cc2Cl)cccc1-c1ccc2c(c1)OCCO2. The lowest BCUT2D eigenvalue weighted by Crippen LogP contribution is -2.53. The third-order valence-electron chi connectivity index (χ3n) is 9.38. The Bertz CT molecular complexity index is 1950. The Morgan fingerprint density at radius 1 is 0.980 bits per heavy atom. The smallest absolute Gasteiger partial charge is 0.407 e. The van der Waals surface area contributed by atoms with Gasteiger partial charge < -0.3 is 39.4 Å². The molecule has 6 rings (SSSR count). The van der Waals surface area contributed by atoms with Gasteiger partial charge in [0.1, 0.15) is 37.9 Å². The van der Waals surface area contributed by atoms with Gasteiger partial charge in [0.25, 0.3) is 0 Å². The van der Waals surface area contributed by atoms with Crippen LogP contribution in [0.2, 0.25) is 5.02 Å². The van der Waals surface area contributed by atoms with E-state index in [0.29, 0.717) is 40.9 Å². The quantitative estimate of drug-likeness (QED) is 0.154. The molecule has 2 heterocycles. The molecule has 51 heavy (non-hydrogen) atoms. The minimum atomic E-state index is -1.07. The average Bonchev–Trinajstić information content (AvgIpc) is 3.47. The molecule has 4 aromatic carbocycles. The minimum Gasteiger partial charge on any atom is -0.488 e. The van der Waals surface area contributed by atoms with Crippen molar-refractivity contribution in [1.82, 2.24) is 10.2 Å². The van der Waals surface area contributed by atoms with Crippen LogP contribution in [0.4, 0.5) is 4.79 Å². The van der Waals surface area contributed by atoms with Crippen molar-refractivity contribution in [2.24, 2.45) is 5.41 Å². The minimum absolute atomic E-state index is 0.0103. The predicted octanol–water partition coefficient (Wildman–Crippen LogP) is 7.34. The summed E-state index contributed by atoms with van der Waals surface area (Å²) >= 11 is 6.84. The number of ether oxygens (including phenoxy) is 4. The van der Waals surface area contributed by atoms with Gasteiger partial charge in [0.05, 0.1) is 41.4 Å². The molecule has 2 aliphatic rings. The van der Waals surface area contributed by atoms with Crippen molar-refractivity contribution >= 4 is 17.7 Å². The number of carbonyl (C=O) groups is 1. The largest absolute Gasteiger partial charge is 0.488 e. The van der Waals surface area contributed by atoms with Crippen molar-refractivity contribution < 1.29 is 34.0 Å². The molecule has 0 bridgehead atoms. The molecular formula is C40H42ClN3O7. The van der Waals surface area contributed by atoms with Crippen molar-refractivity contribution in [2.75, 3.05) is 19.8 Å². The molecule has 1 amide bonds. The van der Waals surface area contributed by atoms with E-state index in [1.54, 1.807) is 30.3 Å². The lowest BCUT2D eigenvalue weighted by atomic mass is 9.82. The highest BCUT2D eigenvalue weighted by atomic mass is 35.5. The molecule has 3 unspecified atom stereocenters. The number of benzene rings is 4. The van der Waals surface area contributed by atoms with E-state index in [2.05, 4.69) is 24.4 Å². The van der Waals surface area contributed by atoms with Gasteiger partial charge in [0, 0.05) is 18.2 Å². The number of nitriles is 1. The van der Waals surface area contributed by atoms with E-state index in [4.69, 9.17) is 30.5 Å². The topological polar surface area (TPSA) is 134 Å². The molecule has 2 aliphatic heterocycles. The van der Waals surface area contributed by atoms with E-state index in [-0.39, 0.29) is 26.3 Å². The number of aliphatic hydroxyl groups is 1. The van der Waals surface area contributed by atoms with Gasteiger partial charge in [0.15, 0.2) is 11.5 Å². The fourth-order valence-corrected chi connectivity index (χ4v) is 7.12. The van der Waals surface area contributed by atoms with Crippen LogP contribution in [0.15, 0.2) is 72.8 Å². The number of halogens is 1. The molecule has 10 nitrogen and oxygen atoms in total. The molecule has 0 saturated carbocycles. The first-order chi connectivity index (χ1) is 24.4. The Hall–Kier alpha value is -4.95. The highest BCUT2D eigenvalue weighted by Crippen LogP contribution is 2.38. The fourth-order valence-electron chi connectivity index (χ4n) is 6.88. The Balaban J connectivity index is 1.25. The molecule has 0 aliphatic carbocycles. The zero-order valence-electron chi connectivity index (χ0n) is 29.1. The summed E-state index contributed by atoms with van der Waals surface area (Å²) in [6.07, 6.45) is -1.97. The number of rotatable bonds is 10. The number of aliphatic hydroxyl groups excluding tert-OH is 1. The Kier molecular flexibility index (Phi) is 10.6. The summed E-state index contributed by atoms with van der Waals surface area (Å²) in [5, 5.41) is 34.0. The molecule has 1 fully saturated rings. The van der Waals surface area contributed by atoms with Gasteiger partial charge in [0.2, 0.25) is 0 Å². The Labute approximate surface area is 303 Å². The highest BCUT2D eigenvalue weighted by molar-refractivity contribution is 6.32. The summed E-state index contributed by atoms with van der Waals surface area (Å²) in [5.41, 5.74) is 5.70. The molecule has 0 spiro atoms. The first kappa shape index (κ1) is 35.9. The number of hydrogen-bond acceptors (Lipinski definition) is 8. The van der Waals surface area contributed by atoms with Crippen LogP contribution >= 0.6 is 11.6 Å². The standard InChI is InChI=1S/C40H42ClN3O7/c1-24-28(9-6-10-30(24)27-11-12-33-36(17-27)49-14-13-48-33)23-51-35-18-34(50-22-26-8-5-7-25(15-26)19-42)29(16-31(35)41)20-43-37-32(45)21-44(39(46)47)38(37)40(2,3)4/h5-12,15-18,32,37-38,43,45H,13-14,20-23H2,1-4H3,(H,46,47). The van der Waals surface area contributed by atoms with E-state index in [0.717, 1.165) is 39.3 Å². The fraction of sp³-hybridized carbons (Fsp3) is 0.350. The number of amides is 1. The van der Waals surface area contributed by atoms with Crippen LogP contribution < -0.4 is 24.3 Å². The maximum atomic E-state index is 12.1. The van der Waals surface area contributed by atoms with Crippen LogP contribution in [0.5, 0.6) is 23.0 Å². The number of β-amino-alcohol motifs (C(OH)–C–C–N with tert-alkyl or cyclic N) is 1. The van der Waals surface area contributed by atoms with Crippen molar-refractivity contribution in [3.8, 4) is 40.2 Å². The summed E-state index contributed by atoms with van der Waals surface area (Å²) in [5.74, 6) is 2.39. The average molecular weight is 712 g/mol. The molecule has 4 aromatic rings. The van der Waals surface area contributed by atoms with Crippen LogP contribution in [-0.4, -0.2) is 59.2 Å². The zero-order chi connectivity index (χ0) is 36.3. The van der Waals surface area contributed by atoms with Crippen LogP contribution in [0, 0.1) is 23.7 Å². The summed E-state index contributed by atoms with van der Waals surface area (Å²) in [6, 6.07) is 23.9. The third-order valence-corrected chi connectivity index (χ3v) is 9.68. The summed E-state index contributed by atoms with van der Waals surface area (Å²) in [7, 11) is 0. The molecule has 3 N–H and O–H groups in total. The number of nitrogens with zero attached hydrogens (tertiary/aromatic N) is 2. The first-order valence-corrected chi connectivity index (χ1v) is 17.3. The molecule has 1 saturated heterocycles. The molecule has 266 valence electrons. The monoisotopic (exact) mass is 711 g/mol. The van der Waals surface area contributed by atoms with Gasteiger partial charge in [-0.3, -0.25) is 0 Å². The van der Waals surface area contributed by atoms with Gasteiger partial charge in [-0.1, -0.05) is 68.8 Å². The van der Waals surface area contributed by atoms with Crippen molar-refractivity contribution in [2.45, 2.75) is 65.6 Å². The van der Waals surface area contributed by atoms with Gasteiger partial charge in [-0.25, -0.2) is 4.79 Å². The lowest BCUT2D eigenvalue weighted by Gasteiger charge is -2.37. The first-order valence-electron chi connectivity index (χ1n) is 16.9. The molecule has 11 heteroatoms. The summed E-state index contributed by atoms with van der Waals surface area (Å²) < 4.78 is 24.2. The van der Waals surface area contributed by atoms with Crippen molar-refractivity contribution in [3.05, 3.63) is 106 Å². The number of hydrogen-bond donors (Lipinski definition) is 3. The zero-order valence-corrected chi connectivity index (χ0v) is 29.9. The van der Waals surface area contributed by atoms with Crippen molar-refractivity contribution in [3.63, 3.8) is 0 Å². The van der Waals surface area contributed by atoms with Gasteiger partial charge in [-0.05, 0) is 70.5 Å². The van der Waals surface area contributed by atoms with Crippen LogP contribution in [0.1, 0.15) is 48.6 Å². The maximum absolute atomic E-state index is 12.1. The Morgan fingerprint density at radius 2 is 1.73 bits per heavy atom. The number of likely N-dealkylation sites (tertiary alicyclic amines) is 1. The van der Waals surface area contributed by atoms with E-state index < -0.39 is 29.7 Å². The second-order valence-electron chi connectivity index (χ2n) is 13.9. The normalized spacial score (nSPS) is 18.3. The van der Waals surface area contributed by atoms with Gasteiger partial charge in [-0.2, -0.15) is 5.26 Å². The number of carboxylic acid groups (broad SMARTS) is 1. The number of nitrogens with one attached hydrogen (secondary N) is 1. The lowest BCUT2D eigenvalue weighted by molar-refractivity contribution is 0.0961. The Morgan fingerprint density at radius 3 is 2.47 bits per heavy atom. The molecule has 3 atom stereocenters. The van der Waals surface area contributed by atoms with Gasteiger partial charge in [-0.15, -0.1) is 0 Å². The van der Waals surface area contributed by atoms with E-state index in [1.807, 2.05) is 57.2 Å². The summed E-state index contributed by atoms with van der Waals surface area (Å²) in [6.45, 7) is 9.66. The van der Waals surface area contributed by atoms with Crippen LogP contribution in [0.25, 0.3) is 11.1 Å². The second-order valence-corrected chi connectivity index (χ2v) is 14.4. The van der Waals surface area contributed by atoms with E-state index in [1.165, 1.54) is 4.90 Å². The molecular weight excluding hydrogens is 670 g/mol. The second kappa shape index (κ2) is 15.1. The number of fused-ring (bicyclic) bond motifs is 1.